The van der Waals surface area contributed by atoms with Crippen molar-refractivity contribution in [3.63, 3.8) is 0 Å². The summed E-state index contributed by atoms with van der Waals surface area (Å²) in [6.45, 7) is 0.844. The summed E-state index contributed by atoms with van der Waals surface area (Å²) in [5.74, 6) is 0. The van der Waals surface area contributed by atoms with Gasteiger partial charge in [0.15, 0.2) is 0 Å². The lowest BCUT2D eigenvalue weighted by Gasteiger charge is -2.26. The van der Waals surface area contributed by atoms with E-state index in [2.05, 4.69) is 162 Å². The van der Waals surface area contributed by atoms with Crippen LogP contribution in [0, 0.1) is 0 Å². The highest BCUT2D eigenvalue weighted by Gasteiger charge is 2.20. The maximum Gasteiger partial charge on any atom is 0.0977 e. The predicted molar refractivity (Wildman–Crippen MR) is 181 cm³/mol. The Labute approximate surface area is 249 Å². The fourth-order valence-electron chi connectivity index (χ4n) is 6.03. The average molecular weight is 557 g/mol. The van der Waals surface area contributed by atoms with E-state index in [0.717, 1.165) is 23.6 Å². The molecule has 0 spiro atoms. The maximum atomic E-state index is 3.58. The number of benzene rings is 6. The van der Waals surface area contributed by atoms with E-state index >= 15 is 0 Å². The SMILES string of the molecule is C1=C(c2ccc(N(c3ccccc3)c3ccc(-c4ccc5ccccc5c4)cc3)cc2)c2c(sc3ccccc23)NC1. The van der Waals surface area contributed by atoms with E-state index in [0.29, 0.717) is 0 Å². The normalized spacial score (nSPS) is 12.5. The molecule has 1 N–H and O–H groups in total. The second-order valence-electron chi connectivity index (χ2n) is 10.6. The van der Waals surface area contributed by atoms with Crippen LogP contribution in [0.2, 0.25) is 0 Å². The molecule has 42 heavy (non-hydrogen) atoms. The van der Waals surface area contributed by atoms with Crippen LogP contribution in [0.25, 0.3) is 37.6 Å². The molecule has 0 saturated heterocycles. The largest absolute Gasteiger partial charge is 0.373 e. The lowest BCUT2D eigenvalue weighted by Crippen LogP contribution is -2.10. The lowest BCUT2D eigenvalue weighted by molar-refractivity contribution is 1.28. The molecule has 0 radical (unpaired) electrons. The molecule has 0 atom stereocenters. The molecule has 0 aliphatic carbocycles. The van der Waals surface area contributed by atoms with Crippen molar-refractivity contribution >= 4 is 59.8 Å². The third-order valence-corrected chi connectivity index (χ3v) is 9.22. The number of nitrogens with zero attached hydrogens (tertiary/aromatic N) is 1. The number of anilines is 4. The summed E-state index contributed by atoms with van der Waals surface area (Å²) in [5.41, 5.74) is 9.70. The van der Waals surface area contributed by atoms with Gasteiger partial charge in [0.05, 0.1) is 5.00 Å². The highest BCUT2D eigenvalue weighted by atomic mass is 32.1. The van der Waals surface area contributed by atoms with Crippen LogP contribution in [0.3, 0.4) is 0 Å². The van der Waals surface area contributed by atoms with E-state index in [9.17, 15) is 0 Å². The molecule has 2 nitrogen and oxygen atoms in total. The van der Waals surface area contributed by atoms with Crippen LogP contribution >= 0.6 is 11.3 Å². The van der Waals surface area contributed by atoms with Gasteiger partial charge in [0.1, 0.15) is 0 Å². The first-order chi connectivity index (χ1) is 20.8. The fourth-order valence-corrected chi connectivity index (χ4v) is 7.16. The minimum absolute atomic E-state index is 0.844. The van der Waals surface area contributed by atoms with Crippen LogP contribution < -0.4 is 10.2 Å². The van der Waals surface area contributed by atoms with Crippen molar-refractivity contribution < 1.29 is 0 Å². The first kappa shape index (κ1) is 24.7. The lowest BCUT2D eigenvalue weighted by atomic mass is 9.94. The minimum atomic E-state index is 0.844. The number of fused-ring (bicyclic) bond motifs is 4. The first-order valence-electron chi connectivity index (χ1n) is 14.3. The third-order valence-electron chi connectivity index (χ3n) is 8.09. The third kappa shape index (κ3) is 4.36. The molecule has 0 bridgehead atoms. The van der Waals surface area contributed by atoms with Crippen molar-refractivity contribution in [1.29, 1.82) is 0 Å². The van der Waals surface area contributed by atoms with Gasteiger partial charge in [-0.3, -0.25) is 0 Å². The Bertz CT molecular complexity index is 2070. The van der Waals surface area contributed by atoms with Crippen molar-refractivity contribution in [3.05, 3.63) is 163 Å². The van der Waals surface area contributed by atoms with Gasteiger partial charge in [0.2, 0.25) is 0 Å². The molecule has 8 rings (SSSR count). The Morgan fingerprint density at radius 1 is 0.524 bits per heavy atom. The van der Waals surface area contributed by atoms with E-state index in [1.165, 1.54) is 53.7 Å². The van der Waals surface area contributed by atoms with Crippen LogP contribution in [0.15, 0.2) is 152 Å². The van der Waals surface area contributed by atoms with Crippen molar-refractivity contribution in [3.8, 4) is 11.1 Å². The molecule has 0 unspecified atom stereocenters. The van der Waals surface area contributed by atoms with Crippen LogP contribution in [0.1, 0.15) is 11.1 Å². The summed E-state index contributed by atoms with van der Waals surface area (Å²) in [4.78, 5) is 2.33. The van der Waals surface area contributed by atoms with E-state index in [-0.39, 0.29) is 0 Å². The number of hydrogen-bond acceptors (Lipinski definition) is 3. The highest BCUT2D eigenvalue weighted by Crippen LogP contribution is 2.44. The Morgan fingerprint density at radius 3 is 1.93 bits per heavy atom. The second-order valence-corrected chi connectivity index (χ2v) is 11.7. The molecule has 2 heterocycles. The first-order valence-corrected chi connectivity index (χ1v) is 15.1. The number of thiophene rings is 1. The summed E-state index contributed by atoms with van der Waals surface area (Å²) in [6, 6.07) is 52.5. The van der Waals surface area contributed by atoms with Gasteiger partial charge in [-0.1, -0.05) is 103 Å². The van der Waals surface area contributed by atoms with Crippen LogP contribution in [-0.2, 0) is 0 Å². The molecular formula is C39H28N2S. The zero-order valence-electron chi connectivity index (χ0n) is 23.0. The molecule has 1 aromatic heterocycles. The van der Waals surface area contributed by atoms with Gasteiger partial charge in [-0.2, -0.15) is 0 Å². The van der Waals surface area contributed by atoms with Gasteiger partial charge in [0, 0.05) is 39.3 Å². The Kier molecular flexibility index (Phi) is 6.09. The number of rotatable bonds is 5. The maximum absolute atomic E-state index is 3.58. The van der Waals surface area contributed by atoms with Crippen LogP contribution in [0.4, 0.5) is 22.1 Å². The van der Waals surface area contributed by atoms with Gasteiger partial charge in [-0.05, 0) is 81.6 Å². The summed E-state index contributed by atoms with van der Waals surface area (Å²) < 4.78 is 1.32. The summed E-state index contributed by atoms with van der Waals surface area (Å²) in [6.07, 6.45) is 2.32. The van der Waals surface area contributed by atoms with E-state index in [1.54, 1.807) is 0 Å². The standard InChI is InChI=1S/C39H28N2S/c1-2-10-32(11-3-1)41(33-20-16-28(17-21-33)31-15-14-27-8-4-5-9-30(27)26-31)34-22-18-29(19-23-34)35-24-25-40-39-38(35)36-12-6-7-13-37(36)42-39/h1-24,26,40H,25H2. The highest BCUT2D eigenvalue weighted by molar-refractivity contribution is 7.23. The molecule has 200 valence electrons. The topological polar surface area (TPSA) is 15.3 Å². The van der Waals surface area contributed by atoms with E-state index in [1.807, 2.05) is 11.3 Å². The van der Waals surface area contributed by atoms with Crippen molar-refractivity contribution in [1.82, 2.24) is 0 Å². The van der Waals surface area contributed by atoms with Crippen molar-refractivity contribution in [2.75, 3.05) is 16.8 Å². The van der Waals surface area contributed by atoms with Crippen molar-refractivity contribution in [2.24, 2.45) is 0 Å². The minimum Gasteiger partial charge on any atom is -0.373 e. The Balaban J connectivity index is 1.15. The zero-order chi connectivity index (χ0) is 27.9. The van der Waals surface area contributed by atoms with Gasteiger partial charge < -0.3 is 10.2 Å². The molecular weight excluding hydrogens is 529 g/mol. The monoisotopic (exact) mass is 556 g/mol. The average Bonchev–Trinajstić information content (AvgIpc) is 3.45. The number of hydrogen-bond donors (Lipinski definition) is 1. The fraction of sp³-hybridized carbons (Fsp3) is 0.0256. The van der Waals surface area contributed by atoms with E-state index in [4.69, 9.17) is 0 Å². The van der Waals surface area contributed by atoms with Crippen LogP contribution in [0.5, 0.6) is 0 Å². The van der Waals surface area contributed by atoms with Crippen molar-refractivity contribution in [2.45, 2.75) is 0 Å². The zero-order valence-corrected chi connectivity index (χ0v) is 23.8. The molecule has 0 amide bonds. The quantitative estimate of drug-likeness (QED) is 0.227. The van der Waals surface area contributed by atoms with Gasteiger partial charge in [-0.15, -0.1) is 11.3 Å². The molecule has 6 aromatic carbocycles. The molecule has 1 aliphatic rings. The van der Waals surface area contributed by atoms with Gasteiger partial charge in [-0.25, -0.2) is 0 Å². The number of para-hydroxylation sites is 1. The summed E-state index contributed by atoms with van der Waals surface area (Å²) in [7, 11) is 0. The molecule has 1 aliphatic heterocycles. The number of nitrogens with one attached hydrogen (secondary N) is 1. The summed E-state index contributed by atoms with van der Waals surface area (Å²) in [5, 5.41) is 8.68. The van der Waals surface area contributed by atoms with Gasteiger partial charge >= 0.3 is 0 Å². The van der Waals surface area contributed by atoms with E-state index < -0.39 is 0 Å². The Hall–Kier alpha value is -5.12. The molecule has 3 heteroatoms. The second kappa shape index (κ2) is 10.4. The molecule has 7 aromatic rings. The smallest absolute Gasteiger partial charge is 0.0977 e. The predicted octanol–water partition coefficient (Wildman–Crippen LogP) is 11.0. The van der Waals surface area contributed by atoms with Crippen LogP contribution in [-0.4, -0.2) is 6.54 Å². The Morgan fingerprint density at radius 2 is 1.14 bits per heavy atom. The van der Waals surface area contributed by atoms with Gasteiger partial charge in [0.25, 0.3) is 0 Å². The molecule has 0 saturated carbocycles. The molecule has 0 fully saturated rings. The summed E-state index contributed by atoms with van der Waals surface area (Å²) >= 11 is 1.84.